The van der Waals surface area contributed by atoms with Crippen LogP contribution in [0.4, 0.5) is 16.2 Å². The van der Waals surface area contributed by atoms with Gasteiger partial charge in [0, 0.05) is 34.5 Å². The fourth-order valence-corrected chi connectivity index (χ4v) is 3.03. The number of pyridine rings is 1. The van der Waals surface area contributed by atoms with Gasteiger partial charge in [0.15, 0.2) is 0 Å². The molecule has 6 nitrogen and oxygen atoms in total. The van der Waals surface area contributed by atoms with E-state index in [1.54, 1.807) is 12.1 Å². The summed E-state index contributed by atoms with van der Waals surface area (Å²) in [4.78, 5) is 15.4. The molecule has 1 heterocycles. The van der Waals surface area contributed by atoms with Crippen molar-refractivity contribution in [2.45, 2.75) is 4.90 Å². The van der Waals surface area contributed by atoms with Crippen molar-refractivity contribution in [1.82, 2.24) is 4.98 Å². The molecule has 2 aromatic rings. The Kier molecular flexibility index (Phi) is 6.43. The van der Waals surface area contributed by atoms with Gasteiger partial charge in [-0.15, -0.1) is 12.4 Å². The minimum atomic E-state index is -3.92. The van der Waals surface area contributed by atoms with Crippen LogP contribution in [-0.4, -0.2) is 19.4 Å². The van der Waals surface area contributed by atoms with Crippen LogP contribution < -0.4 is 10.6 Å². The minimum Gasteiger partial charge on any atom is -0.308 e. The van der Waals surface area contributed by atoms with Gasteiger partial charge >= 0.3 is 6.03 Å². The monoisotopic (exact) mass is 381 g/mol. The average molecular weight is 383 g/mol. The van der Waals surface area contributed by atoms with Gasteiger partial charge in [0.05, 0.1) is 5.02 Å². The molecule has 1 aromatic heterocycles. The van der Waals surface area contributed by atoms with Crippen LogP contribution in [0.1, 0.15) is 0 Å². The topological polar surface area (TPSA) is 88.2 Å². The SMILES string of the molecule is Cl.O=C(Nc1ccncc1)Nc1ccc(S(=O)(=O)Cl)c(Cl)c1. The van der Waals surface area contributed by atoms with Gasteiger partial charge in [-0.25, -0.2) is 13.2 Å². The van der Waals surface area contributed by atoms with Crippen molar-refractivity contribution in [2.75, 3.05) is 10.6 Å². The minimum absolute atomic E-state index is 0. The molecule has 2 amide bonds. The number of benzene rings is 1. The summed E-state index contributed by atoms with van der Waals surface area (Å²) in [6.45, 7) is 0. The molecule has 0 aliphatic rings. The quantitative estimate of drug-likeness (QED) is 0.792. The number of hydrogen-bond donors (Lipinski definition) is 2. The predicted molar refractivity (Wildman–Crippen MR) is 88.6 cm³/mol. The summed E-state index contributed by atoms with van der Waals surface area (Å²) in [5.74, 6) is 0. The smallest absolute Gasteiger partial charge is 0.308 e. The Morgan fingerprint density at radius 3 is 2.18 bits per heavy atom. The van der Waals surface area contributed by atoms with E-state index in [4.69, 9.17) is 22.3 Å². The number of aromatic nitrogens is 1. The molecule has 0 atom stereocenters. The lowest BCUT2D eigenvalue weighted by Crippen LogP contribution is -2.19. The molecule has 0 aliphatic carbocycles. The van der Waals surface area contributed by atoms with Crippen molar-refractivity contribution in [1.29, 1.82) is 0 Å². The molecule has 0 spiro atoms. The third kappa shape index (κ3) is 5.03. The number of hydrogen-bond acceptors (Lipinski definition) is 4. The number of nitrogens with one attached hydrogen (secondary N) is 2. The van der Waals surface area contributed by atoms with Gasteiger partial charge in [0.25, 0.3) is 9.05 Å². The Morgan fingerprint density at radius 2 is 1.64 bits per heavy atom. The van der Waals surface area contributed by atoms with Crippen LogP contribution in [-0.2, 0) is 9.05 Å². The van der Waals surface area contributed by atoms with Crippen LogP contribution in [0, 0.1) is 0 Å². The molecule has 10 heteroatoms. The first kappa shape index (κ1) is 18.5. The van der Waals surface area contributed by atoms with E-state index in [-0.39, 0.29) is 22.3 Å². The molecule has 22 heavy (non-hydrogen) atoms. The third-order valence-electron chi connectivity index (χ3n) is 2.39. The lowest BCUT2D eigenvalue weighted by atomic mass is 10.3. The van der Waals surface area contributed by atoms with E-state index in [1.165, 1.54) is 30.6 Å². The van der Waals surface area contributed by atoms with Gasteiger partial charge < -0.3 is 10.6 Å². The second-order valence-electron chi connectivity index (χ2n) is 3.90. The van der Waals surface area contributed by atoms with Crippen molar-refractivity contribution in [2.24, 2.45) is 0 Å². The van der Waals surface area contributed by atoms with E-state index in [0.717, 1.165) is 0 Å². The maximum atomic E-state index is 11.7. The lowest BCUT2D eigenvalue weighted by Gasteiger charge is -2.08. The van der Waals surface area contributed by atoms with Crippen LogP contribution in [0.15, 0.2) is 47.6 Å². The van der Waals surface area contributed by atoms with Crippen molar-refractivity contribution in [3.63, 3.8) is 0 Å². The number of amides is 2. The zero-order valence-electron chi connectivity index (χ0n) is 10.8. The molecule has 0 saturated heterocycles. The number of carbonyl (C=O) groups is 1. The van der Waals surface area contributed by atoms with Crippen molar-refractivity contribution >= 4 is 61.1 Å². The second-order valence-corrected chi connectivity index (χ2v) is 6.84. The maximum Gasteiger partial charge on any atom is 0.323 e. The van der Waals surface area contributed by atoms with E-state index in [9.17, 15) is 13.2 Å². The molecule has 0 unspecified atom stereocenters. The van der Waals surface area contributed by atoms with E-state index in [0.29, 0.717) is 11.4 Å². The normalized spacial score (nSPS) is 10.5. The fraction of sp³-hybridized carbons (Fsp3) is 0. The summed E-state index contributed by atoms with van der Waals surface area (Å²) >= 11 is 5.81. The standard InChI is InChI=1S/C12H9Cl2N3O3S.ClH/c13-10-7-9(1-2-11(10)21(14,19)20)17-12(18)16-8-3-5-15-6-4-8;/h1-7H,(H2,15,16,17,18);1H. The number of urea groups is 1. The molecule has 0 bridgehead atoms. The summed E-state index contributed by atoms with van der Waals surface area (Å²) < 4.78 is 22.4. The first-order valence-electron chi connectivity index (χ1n) is 5.58. The molecule has 2 N–H and O–H groups in total. The predicted octanol–water partition coefficient (Wildman–Crippen LogP) is 3.73. The number of nitrogens with zero attached hydrogens (tertiary/aromatic N) is 1. The first-order valence-corrected chi connectivity index (χ1v) is 8.27. The molecule has 0 aliphatic heterocycles. The van der Waals surface area contributed by atoms with Crippen LogP contribution in [0.25, 0.3) is 0 Å². The van der Waals surface area contributed by atoms with E-state index < -0.39 is 15.1 Å². The van der Waals surface area contributed by atoms with Crippen LogP contribution >= 0.6 is 34.7 Å². The zero-order valence-corrected chi connectivity index (χ0v) is 13.9. The highest BCUT2D eigenvalue weighted by molar-refractivity contribution is 8.13. The molecule has 0 fully saturated rings. The van der Waals surface area contributed by atoms with E-state index in [2.05, 4.69) is 15.6 Å². The van der Waals surface area contributed by atoms with Gasteiger partial charge in [-0.05, 0) is 30.3 Å². The van der Waals surface area contributed by atoms with Gasteiger partial charge in [-0.1, -0.05) is 11.6 Å². The third-order valence-corrected chi connectivity index (χ3v) is 4.20. The summed E-state index contributed by atoms with van der Waals surface area (Å²) in [5, 5.41) is 5.02. The highest BCUT2D eigenvalue weighted by Crippen LogP contribution is 2.27. The molecular formula is C12H10Cl3N3O3S. The molecule has 0 radical (unpaired) electrons. The molecule has 0 saturated carbocycles. The highest BCUT2D eigenvalue weighted by Gasteiger charge is 2.15. The Morgan fingerprint density at radius 1 is 1.05 bits per heavy atom. The summed E-state index contributed by atoms with van der Waals surface area (Å²) in [7, 11) is 1.29. The molecule has 2 rings (SSSR count). The number of rotatable bonds is 3. The van der Waals surface area contributed by atoms with Crippen molar-refractivity contribution < 1.29 is 13.2 Å². The van der Waals surface area contributed by atoms with Gasteiger partial charge in [-0.2, -0.15) is 0 Å². The van der Waals surface area contributed by atoms with Crippen LogP contribution in [0.3, 0.4) is 0 Å². The largest absolute Gasteiger partial charge is 0.323 e. The Bertz CT molecular complexity index is 770. The Balaban J connectivity index is 0.00000242. The highest BCUT2D eigenvalue weighted by atomic mass is 35.7. The fourth-order valence-electron chi connectivity index (χ4n) is 1.51. The number of anilines is 2. The van der Waals surface area contributed by atoms with Crippen molar-refractivity contribution in [3.05, 3.63) is 47.7 Å². The second kappa shape index (κ2) is 7.64. The molecule has 118 valence electrons. The number of carbonyl (C=O) groups excluding carboxylic acids is 1. The summed E-state index contributed by atoms with van der Waals surface area (Å²) in [6.07, 6.45) is 3.07. The van der Waals surface area contributed by atoms with Gasteiger partial charge in [0.1, 0.15) is 4.90 Å². The molecular weight excluding hydrogens is 373 g/mol. The Hall–Kier alpha value is -1.54. The summed E-state index contributed by atoms with van der Waals surface area (Å²) in [6, 6.07) is 6.63. The first-order chi connectivity index (χ1) is 9.86. The van der Waals surface area contributed by atoms with E-state index >= 15 is 0 Å². The van der Waals surface area contributed by atoms with E-state index in [1.807, 2.05) is 0 Å². The van der Waals surface area contributed by atoms with Crippen LogP contribution in [0.5, 0.6) is 0 Å². The number of halogens is 3. The Labute approximate surface area is 142 Å². The van der Waals surface area contributed by atoms with Crippen LogP contribution in [0.2, 0.25) is 5.02 Å². The van der Waals surface area contributed by atoms with Gasteiger partial charge in [-0.3, -0.25) is 4.98 Å². The summed E-state index contributed by atoms with van der Waals surface area (Å²) in [5.41, 5.74) is 0.893. The van der Waals surface area contributed by atoms with Gasteiger partial charge in [0.2, 0.25) is 0 Å². The zero-order chi connectivity index (χ0) is 15.5. The molecule has 1 aromatic carbocycles. The lowest BCUT2D eigenvalue weighted by molar-refractivity contribution is 0.262. The maximum absolute atomic E-state index is 11.7. The average Bonchev–Trinajstić information content (AvgIpc) is 2.38. The van der Waals surface area contributed by atoms with Crippen molar-refractivity contribution in [3.8, 4) is 0 Å².